The van der Waals surface area contributed by atoms with Crippen molar-refractivity contribution in [2.45, 2.75) is 19.9 Å². The maximum Gasteiger partial charge on any atom is 0.195 e. The van der Waals surface area contributed by atoms with Crippen LogP contribution in [0.4, 0.5) is 0 Å². The first-order chi connectivity index (χ1) is 8.77. The Morgan fingerprint density at radius 3 is 3.00 bits per heavy atom. The minimum Gasteiger partial charge on any atom is -0.302 e. The molecule has 0 saturated heterocycles. The monoisotopic (exact) mass is 246 g/mol. The Morgan fingerprint density at radius 1 is 1.56 bits per heavy atom. The predicted molar refractivity (Wildman–Crippen MR) is 69.6 cm³/mol. The number of aromatic amines is 1. The summed E-state index contributed by atoms with van der Waals surface area (Å²) in [6, 6.07) is 0. The molecule has 96 valence electrons. The lowest BCUT2D eigenvalue weighted by Gasteiger charge is -2.00. The number of tetrazole rings is 1. The number of nitrogens with zero attached hydrogens (tertiary/aromatic N) is 4. The van der Waals surface area contributed by atoms with Crippen molar-refractivity contribution in [3.8, 4) is 0 Å². The smallest absolute Gasteiger partial charge is 0.195 e. The van der Waals surface area contributed by atoms with Crippen LogP contribution in [0.15, 0.2) is 30.4 Å². The molecule has 0 spiro atoms. The van der Waals surface area contributed by atoms with Crippen LogP contribution in [0.5, 0.6) is 0 Å². The Hall–Kier alpha value is -1.98. The number of hydrogen-bond donors (Lipinski definition) is 2. The fourth-order valence-electron chi connectivity index (χ4n) is 2.37. The predicted octanol–water partition coefficient (Wildman–Crippen LogP) is 1.29. The van der Waals surface area contributed by atoms with Gasteiger partial charge in [-0.25, -0.2) is 0 Å². The summed E-state index contributed by atoms with van der Waals surface area (Å²) in [5.74, 6) is 2.22. The van der Waals surface area contributed by atoms with Gasteiger partial charge in [0.25, 0.3) is 0 Å². The van der Waals surface area contributed by atoms with Gasteiger partial charge in [-0.1, -0.05) is 17.4 Å². The highest BCUT2D eigenvalue weighted by atomic mass is 15.5. The van der Waals surface area contributed by atoms with Gasteiger partial charge in [0.2, 0.25) is 0 Å². The molecule has 3 atom stereocenters. The number of H-pyrrole nitrogens is 1. The lowest BCUT2D eigenvalue weighted by atomic mass is 10.2. The van der Waals surface area contributed by atoms with E-state index in [1.165, 1.54) is 0 Å². The quantitative estimate of drug-likeness (QED) is 0.431. The second kappa shape index (κ2) is 5.57. The highest BCUT2D eigenvalue weighted by molar-refractivity contribution is 5.87. The molecule has 1 aliphatic carbocycles. The van der Waals surface area contributed by atoms with Gasteiger partial charge in [-0.05, 0) is 25.2 Å². The van der Waals surface area contributed by atoms with E-state index in [1.54, 1.807) is 0 Å². The number of allylic oxidation sites excluding steroid dienone is 2. The Labute approximate surface area is 106 Å². The van der Waals surface area contributed by atoms with Crippen molar-refractivity contribution >= 4 is 5.71 Å². The van der Waals surface area contributed by atoms with Crippen LogP contribution < -0.4 is 5.43 Å². The third kappa shape index (κ3) is 2.64. The summed E-state index contributed by atoms with van der Waals surface area (Å²) in [7, 11) is 0. The van der Waals surface area contributed by atoms with Crippen LogP contribution in [-0.4, -0.2) is 26.3 Å². The van der Waals surface area contributed by atoms with Gasteiger partial charge in [-0.3, -0.25) is 0 Å². The number of hydrazone groups is 1. The topological polar surface area (TPSA) is 78.9 Å². The van der Waals surface area contributed by atoms with Crippen LogP contribution in [0, 0.1) is 17.8 Å². The van der Waals surface area contributed by atoms with Gasteiger partial charge in [0.05, 0.1) is 6.54 Å². The van der Waals surface area contributed by atoms with Crippen LogP contribution in [0.1, 0.15) is 19.2 Å². The Morgan fingerprint density at radius 2 is 2.39 bits per heavy atom. The molecule has 2 rings (SSSR count). The van der Waals surface area contributed by atoms with Gasteiger partial charge < -0.3 is 5.43 Å². The fourth-order valence-corrected chi connectivity index (χ4v) is 2.37. The summed E-state index contributed by atoms with van der Waals surface area (Å²) >= 11 is 0. The second-order valence-corrected chi connectivity index (χ2v) is 4.44. The van der Waals surface area contributed by atoms with Gasteiger partial charge in [0.1, 0.15) is 0 Å². The zero-order chi connectivity index (χ0) is 13.0. The average molecular weight is 246 g/mol. The molecule has 2 N–H and O–H groups in total. The van der Waals surface area contributed by atoms with Crippen molar-refractivity contribution in [2.24, 2.45) is 22.9 Å². The van der Waals surface area contributed by atoms with Gasteiger partial charge >= 0.3 is 0 Å². The molecule has 6 heteroatoms. The summed E-state index contributed by atoms with van der Waals surface area (Å²) in [4.78, 5) is 0. The molecule has 0 bridgehead atoms. The summed E-state index contributed by atoms with van der Waals surface area (Å²) in [6.07, 6.45) is 4.98. The molecule has 0 aromatic carbocycles. The van der Waals surface area contributed by atoms with E-state index in [4.69, 9.17) is 0 Å². The van der Waals surface area contributed by atoms with E-state index in [0.29, 0.717) is 30.1 Å². The normalized spacial score (nSPS) is 26.7. The molecule has 6 nitrogen and oxygen atoms in total. The van der Waals surface area contributed by atoms with E-state index in [0.717, 1.165) is 12.1 Å². The summed E-state index contributed by atoms with van der Waals surface area (Å²) in [6.45, 7) is 10.2. The molecule has 0 aliphatic heterocycles. The standard InChI is InChI=1S/C12H18N6/c1-4-6-10-9(5-2)12(10)8(3)14-13-7-11-15-17-18-16-11/h4-5,9-10,12-13H,1-2,6-7H2,3H3,(H,15,16,17,18)/b14-8+. The van der Waals surface area contributed by atoms with Crippen molar-refractivity contribution in [3.63, 3.8) is 0 Å². The largest absolute Gasteiger partial charge is 0.302 e. The van der Waals surface area contributed by atoms with Crippen molar-refractivity contribution in [3.05, 3.63) is 31.1 Å². The third-order valence-electron chi connectivity index (χ3n) is 3.30. The number of hydrogen-bond acceptors (Lipinski definition) is 5. The van der Waals surface area contributed by atoms with Gasteiger partial charge in [-0.2, -0.15) is 10.3 Å². The van der Waals surface area contributed by atoms with Crippen molar-refractivity contribution < 1.29 is 0 Å². The van der Waals surface area contributed by atoms with Crippen LogP contribution in [0.25, 0.3) is 0 Å². The van der Waals surface area contributed by atoms with Crippen LogP contribution >= 0.6 is 0 Å². The first-order valence-electron chi connectivity index (χ1n) is 6.00. The zero-order valence-corrected chi connectivity index (χ0v) is 10.5. The molecular weight excluding hydrogens is 228 g/mol. The number of rotatable bonds is 7. The molecule has 1 fully saturated rings. The summed E-state index contributed by atoms with van der Waals surface area (Å²) < 4.78 is 0. The van der Waals surface area contributed by atoms with Crippen molar-refractivity contribution in [1.82, 2.24) is 26.0 Å². The van der Waals surface area contributed by atoms with E-state index in [9.17, 15) is 0 Å². The number of aromatic nitrogens is 4. The van der Waals surface area contributed by atoms with E-state index >= 15 is 0 Å². The van der Waals surface area contributed by atoms with Crippen LogP contribution in [0.2, 0.25) is 0 Å². The lowest BCUT2D eigenvalue weighted by Crippen LogP contribution is -2.11. The highest BCUT2D eigenvalue weighted by Crippen LogP contribution is 2.50. The fraction of sp³-hybridized carbons (Fsp3) is 0.500. The van der Waals surface area contributed by atoms with E-state index in [2.05, 4.69) is 44.3 Å². The molecule has 0 radical (unpaired) electrons. The molecule has 1 aromatic heterocycles. The van der Waals surface area contributed by atoms with E-state index in [1.807, 2.05) is 19.1 Å². The summed E-state index contributed by atoms with van der Waals surface area (Å²) in [5.41, 5.74) is 4.05. The highest BCUT2D eigenvalue weighted by Gasteiger charge is 2.48. The number of nitrogens with one attached hydrogen (secondary N) is 2. The average Bonchev–Trinajstić information content (AvgIpc) is 2.81. The molecule has 1 heterocycles. The molecule has 0 amide bonds. The minimum atomic E-state index is 0.478. The molecule has 1 saturated carbocycles. The molecule has 1 aromatic rings. The van der Waals surface area contributed by atoms with E-state index in [-0.39, 0.29) is 0 Å². The molecule has 3 unspecified atom stereocenters. The van der Waals surface area contributed by atoms with Crippen molar-refractivity contribution in [2.75, 3.05) is 0 Å². The van der Waals surface area contributed by atoms with Crippen LogP contribution in [0.3, 0.4) is 0 Å². The van der Waals surface area contributed by atoms with Crippen molar-refractivity contribution in [1.29, 1.82) is 0 Å². The first-order valence-corrected chi connectivity index (χ1v) is 6.00. The van der Waals surface area contributed by atoms with Gasteiger partial charge in [-0.15, -0.1) is 23.4 Å². The Balaban J connectivity index is 1.85. The second-order valence-electron chi connectivity index (χ2n) is 4.44. The third-order valence-corrected chi connectivity index (χ3v) is 3.30. The molecular formula is C12H18N6. The lowest BCUT2D eigenvalue weighted by molar-refractivity contribution is 0.696. The van der Waals surface area contributed by atoms with Crippen LogP contribution in [-0.2, 0) is 6.54 Å². The summed E-state index contributed by atoms with van der Waals surface area (Å²) in [5, 5.41) is 17.9. The SMILES string of the molecule is C=CCC1C(C=C)C1/C(C)=N/NCc1nn[nH]n1. The first kappa shape index (κ1) is 12.5. The van der Waals surface area contributed by atoms with Gasteiger partial charge in [0, 0.05) is 11.6 Å². The van der Waals surface area contributed by atoms with E-state index < -0.39 is 0 Å². The maximum atomic E-state index is 4.35. The molecule has 1 aliphatic rings. The molecule has 18 heavy (non-hydrogen) atoms. The Bertz CT molecular complexity index is 435. The Kier molecular flexibility index (Phi) is 3.86. The minimum absolute atomic E-state index is 0.478. The van der Waals surface area contributed by atoms with Gasteiger partial charge in [0.15, 0.2) is 5.82 Å². The maximum absolute atomic E-state index is 4.35. The zero-order valence-electron chi connectivity index (χ0n) is 10.5.